The van der Waals surface area contributed by atoms with E-state index in [1.54, 1.807) is 12.1 Å². The molecule has 0 N–H and O–H groups in total. The first-order chi connectivity index (χ1) is 25.2. The van der Waals surface area contributed by atoms with Crippen molar-refractivity contribution in [2.24, 2.45) is 0 Å². The molecular formula is C49H55O4P. The third kappa shape index (κ3) is 8.82. The first-order valence-electron chi connectivity index (χ1n) is 18.9. The molecule has 5 heteroatoms. The molecule has 0 heterocycles. The van der Waals surface area contributed by atoms with E-state index < -0.39 is 8.60 Å². The molecular weight excluding hydrogens is 684 g/mol. The highest BCUT2D eigenvalue weighted by Gasteiger charge is 2.30. The Morgan fingerprint density at radius 3 is 1.26 bits per heavy atom. The number of benzene rings is 6. The summed E-state index contributed by atoms with van der Waals surface area (Å²) in [5.41, 5.74) is 5.52. The molecule has 0 amide bonds. The predicted molar refractivity (Wildman–Crippen MR) is 228 cm³/mol. The minimum atomic E-state index is -2.03. The number of rotatable bonds is 8. The Morgan fingerprint density at radius 2 is 0.852 bits per heavy atom. The lowest BCUT2D eigenvalue weighted by atomic mass is 9.83. The summed E-state index contributed by atoms with van der Waals surface area (Å²) < 4.78 is 20.5. The van der Waals surface area contributed by atoms with E-state index in [1.807, 2.05) is 42.5 Å². The molecule has 0 saturated carbocycles. The lowest BCUT2D eigenvalue weighted by molar-refractivity contribution is 0.103. The number of ketones is 1. The average Bonchev–Trinajstić information content (AvgIpc) is 3.09. The van der Waals surface area contributed by atoms with Gasteiger partial charge in [-0.3, -0.25) is 4.79 Å². The fourth-order valence-electron chi connectivity index (χ4n) is 6.54. The maximum atomic E-state index is 13.2. The second-order valence-electron chi connectivity index (χ2n) is 18.5. The van der Waals surface area contributed by atoms with Gasteiger partial charge in [0.05, 0.1) is 0 Å². The second-order valence-corrected chi connectivity index (χ2v) is 19.5. The summed E-state index contributed by atoms with van der Waals surface area (Å²) in [6, 6.07) is 38.6. The largest absolute Gasteiger partial charge is 0.530 e. The Kier molecular flexibility index (Phi) is 10.5. The van der Waals surface area contributed by atoms with Gasteiger partial charge in [-0.1, -0.05) is 150 Å². The van der Waals surface area contributed by atoms with Crippen molar-refractivity contribution in [2.75, 3.05) is 0 Å². The third-order valence-corrected chi connectivity index (χ3v) is 11.0. The van der Waals surface area contributed by atoms with Crippen LogP contribution in [-0.2, 0) is 21.7 Å². The highest BCUT2D eigenvalue weighted by Crippen LogP contribution is 2.49. The summed E-state index contributed by atoms with van der Waals surface area (Å²) in [7, 11) is -2.03. The van der Waals surface area contributed by atoms with E-state index in [4.69, 9.17) is 13.6 Å². The van der Waals surface area contributed by atoms with E-state index in [2.05, 4.69) is 144 Å². The van der Waals surface area contributed by atoms with Gasteiger partial charge in [0, 0.05) is 22.3 Å². The summed E-state index contributed by atoms with van der Waals surface area (Å²) in [5.74, 6) is 1.94. The highest BCUT2D eigenvalue weighted by molar-refractivity contribution is 7.43. The monoisotopic (exact) mass is 738 g/mol. The molecule has 0 aliphatic carbocycles. The Bertz CT molecular complexity index is 2180. The number of carbonyl (C=O) groups excluding carboxylic acids is 1. The Hall–Kier alpha value is -4.66. The van der Waals surface area contributed by atoms with Crippen molar-refractivity contribution in [2.45, 2.75) is 105 Å². The summed E-state index contributed by atoms with van der Waals surface area (Å²) in [5, 5.41) is 4.51. The molecule has 54 heavy (non-hydrogen) atoms. The van der Waals surface area contributed by atoms with Crippen molar-refractivity contribution < 1.29 is 18.4 Å². The molecule has 0 aliphatic rings. The van der Waals surface area contributed by atoms with Gasteiger partial charge in [-0.25, -0.2) is 0 Å². The minimum absolute atomic E-state index is 0.0292. The lowest BCUT2D eigenvalue weighted by Gasteiger charge is -2.28. The normalized spacial score (nSPS) is 12.7. The van der Waals surface area contributed by atoms with Gasteiger partial charge in [-0.05, 0) is 103 Å². The van der Waals surface area contributed by atoms with Crippen LogP contribution < -0.4 is 13.6 Å². The summed E-state index contributed by atoms with van der Waals surface area (Å²) in [6.07, 6.45) is 0. The van der Waals surface area contributed by atoms with Gasteiger partial charge in [0.2, 0.25) is 0 Å². The molecule has 0 spiro atoms. The zero-order chi connectivity index (χ0) is 39.2. The predicted octanol–water partition coefficient (Wildman–Crippen LogP) is 14.2. The van der Waals surface area contributed by atoms with Gasteiger partial charge in [0.15, 0.2) is 5.78 Å². The average molecular weight is 739 g/mol. The van der Waals surface area contributed by atoms with E-state index >= 15 is 0 Å². The molecule has 0 aromatic heterocycles. The van der Waals surface area contributed by atoms with Crippen molar-refractivity contribution in [3.63, 3.8) is 0 Å². The maximum Gasteiger partial charge on any atom is 0.530 e. The van der Waals surface area contributed by atoms with Gasteiger partial charge in [-0.15, -0.1) is 0 Å². The van der Waals surface area contributed by atoms with Crippen LogP contribution in [0.25, 0.3) is 21.5 Å². The SMILES string of the molecule is CC(C)(C)c1ccc2cc(OP(Oc3ccc(C(=O)c4ccccc4)cc3)Oc3cc4ccc(C(C)(C)C)cc4cc3C(C)(C)C)c(C(C)(C)C)cc2c1. The van der Waals surface area contributed by atoms with Crippen LogP contribution in [0.1, 0.15) is 121 Å². The first kappa shape index (κ1) is 39.0. The molecule has 0 aliphatic heterocycles. The molecule has 4 nitrogen and oxygen atoms in total. The van der Waals surface area contributed by atoms with E-state index in [1.165, 1.54) is 21.9 Å². The van der Waals surface area contributed by atoms with E-state index in [-0.39, 0.29) is 27.4 Å². The quantitative estimate of drug-likeness (QED) is 0.115. The molecule has 280 valence electrons. The van der Waals surface area contributed by atoms with Gasteiger partial charge in [0.1, 0.15) is 17.2 Å². The van der Waals surface area contributed by atoms with Crippen molar-refractivity contribution in [3.05, 3.63) is 149 Å². The molecule has 0 bridgehead atoms. The van der Waals surface area contributed by atoms with E-state index in [0.29, 0.717) is 28.4 Å². The fourth-order valence-corrected chi connectivity index (χ4v) is 7.56. The van der Waals surface area contributed by atoms with Crippen LogP contribution in [0.3, 0.4) is 0 Å². The number of hydrogen-bond donors (Lipinski definition) is 0. The standard InChI is InChI=1S/C49H55O4P/c1-46(2,3)38-22-18-34-30-43(41(48(7,8)9)28-36(34)26-38)52-54(51-40-24-20-33(21-25-40)45(50)32-16-14-13-15-17-32)53-44-31-35-19-23-39(47(4,5)6)27-37(35)29-42(44)49(10,11)12/h13-31H,1-12H3. The molecule has 0 unspecified atom stereocenters. The lowest BCUT2D eigenvalue weighted by Crippen LogP contribution is -2.16. The van der Waals surface area contributed by atoms with Gasteiger partial charge < -0.3 is 13.6 Å². The number of hydrogen-bond acceptors (Lipinski definition) is 4. The van der Waals surface area contributed by atoms with Gasteiger partial charge in [-0.2, -0.15) is 0 Å². The van der Waals surface area contributed by atoms with Crippen molar-refractivity contribution in [3.8, 4) is 17.2 Å². The summed E-state index contributed by atoms with van der Waals surface area (Å²) in [4.78, 5) is 13.2. The smallest absolute Gasteiger partial charge is 0.409 e. The van der Waals surface area contributed by atoms with Crippen LogP contribution in [0.5, 0.6) is 17.2 Å². The van der Waals surface area contributed by atoms with Gasteiger partial charge >= 0.3 is 8.60 Å². The fraction of sp³-hybridized carbons (Fsp3) is 0.327. The highest BCUT2D eigenvalue weighted by atomic mass is 31.2. The Labute approximate surface area is 323 Å². The number of fused-ring (bicyclic) bond motifs is 2. The van der Waals surface area contributed by atoms with Crippen LogP contribution in [0.2, 0.25) is 0 Å². The zero-order valence-electron chi connectivity index (χ0n) is 34.0. The topological polar surface area (TPSA) is 44.8 Å². The molecule has 6 aromatic rings. The van der Waals surface area contributed by atoms with E-state index in [9.17, 15) is 4.79 Å². The Morgan fingerprint density at radius 1 is 0.426 bits per heavy atom. The van der Waals surface area contributed by atoms with Crippen LogP contribution >= 0.6 is 8.60 Å². The van der Waals surface area contributed by atoms with Crippen molar-refractivity contribution >= 4 is 35.9 Å². The molecule has 6 rings (SSSR count). The summed E-state index contributed by atoms with van der Waals surface area (Å²) in [6.45, 7) is 26.7. The molecule has 0 atom stereocenters. The molecule has 0 saturated heterocycles. The third-order valence-electron chi connectivity index (χ3n) is 9.90. The number of carbonyl (C=O) groups is 1. The summed E-state index contributed by atoms with van der Waals surface area (Å²) >= 11 is 0. The first-order valence-corrected chi connectivity index (χ1v) is 20.0. The van der Waals surface area contributed by atoms with Crippen molar-refractivity contribution in [1.29, 1.82) is 0 Å². The Balaban J connectivity index is 1.44. The minimum Gasteiger partial charge on any atom is -0.409 e. The molecule has 6 aromatic carbocycles. The van der Waals surface area contributed by atoms with Crippen LogP contribution in [0, 0.1) is 0 Å². The van der Waals surface area contributed by atoms with Crippen LogP contribution in [-0.4, -0.2) is 5.78 Å². The zero-order valence-corrected chi connectivity index (χ0v) is 34.9. The van der Waals surface area contributed by atoms with Crippen LogP contribution in [0.4, 0.5) is 0 Å². The maximum absolute atomic E-state index is 13.2. The second kappa shape index (κ2) is 14.5. The van der Waals surface area contributed by atoms with Crippen molar-refractivity contribution in [1.82, 2.24) is 0 Å². The van der Waals surface area contributed by atoms with Gasteiger partial charge in [0.25, 0.3) is 0 Å². The van der Waals surface area contributed by atoms with Crippen LogP contribution in [0.15, 0.2) is 115 Å². The molecule has 0 radical (unpaired) electrons. The molecule has 0 fully saturated rings. The van der Waals surface area contributed by atoms with E-state index in [0.717, 1.165) is 21.9 Å².